The van der Waals surface area contributed by atoms with Gasteiger partial charge in [-0.3, -0.25) is 9.78 Å². The molecule has 28 heavy (non-hydrogen) atoms. The maximum absolute atomic E-state index is 12.5. The highest BCUT2D eigenvalue weighted by Gasteiger charge is 2.28. The average molecular weight is 382 g/mol. The van der Waals surface area contributed by atoms with Crippen LogP contribution in [-0.2, 0) is 0 Å². The summed E-state index contributed by atoms with van der Waals surface area (Å²) in [6, 6.07) is 7.50. The molecule has 0 spiro atoms. The lowest BCUT2D eigenvalue weighted by atomic mass is 9.99. The van der Waals surface area contributed by atoms with Crippen molar-refractivity contribution < 1.29 is 9.90 Å². The Bertz CT molecular complexity index is 802. The van der Waals surface area contributed by atoms with E-state index in [2.05, 4.69) is 25.2 Å². The quantitative estimate of drug-likeness (QED) is 0.807. The van der Waals surface area contributed by atoms with Crippen LogP contribution in [0, 0.1) is 5.92 Å². The largest absolute Gasteiger partial charge is 0.396 e. The van der Waals surface area contributed by atoms with E-state index in [1.807, 2.05) is 23.1 Å². The Hall–Kier alpha value is -2.74. The van der Waals surface area contributed by atoms with Crippen molar-refractivity contribution in [2.45, 2.75) is 25.3 Å². The Kier molecular flexibility index (Phi) is 5.66. The standard InChI is InChI=1S/C20H26N6O2/c27-13-15-4-3-8-25(11-15)19-10-18(22-14-23-19)24-16-6-9-26(12-16)20(28)17-5-1-2-7-21-17/h1-2,5,7,10,14-16,27H,3-4,6,8-9,11-13H2,(H,22,23,24). The van der Waals surface area contributed by atoms with Gasteiger partial charge in [0, 0.05) is 51.1 Å². The number of carbonyl (C=O) groups is 1. The zero-order chi connectivity index (χ0) is 19.3. The molecule has 148 valence electrons. The smallest absolute Gasteiger partial charge is 0.272 e. The van der Waals surface area contributed by atoms with E-state index in [1.165, 1.54) is 0 Å². The van der Waals surface area contributed by atoms with E-state index < -0.39 is 0 Å². The summed E-state index contributed by atoms with van der Waals surface area (Å²) in [4.78, 5) is 29.5. The third-order valence-corrected chi connectivity index (χ3v) is 5.47. The average Bonchev–Trinajstić information content (AvgIpc) is 3.22. The predicted octanol–water partition coefficient (Wildman–Crippen LogP) is 1.41. The minimum Gasteiger partial charge on any atom is -0.396 e. The van der Waals surface area contributed by atoms with Crippen LogP contribution in [-0.4, -0.2) is 69.7 Å². The molecule has 2 fully saturated rings. The first-order valence-electron chi connectivity index (χ1n) is 9.87. The minimum atomic E-state index is -0.0309. The van der Waals surface area contributed by atoms with E-state index in [1.54, 1.807) is 18.6 Å². The molecule has 2 unspecified atom stereocenters. The van der Waals surface area contributed by atoms with Gasteiger partial charge in [-0.05, 0) is 37.3 Å². The molecule has 2 atom stereocenters. The number of nitrogens with one attached hydrogen (secondary N) is 1. The van der Waals surface area contributed by atoms with Crippen LogP contribution in [0.4, 0.5) is 11.6 Å². The summed E-state index contributed by atoms with van der Waals surface area (Å²) in [6.45, 7) is 3.32. The molecular formula is C20H26N6O2. The zero-order valence-corrected chi connectivity index (χ0v) is 15.9. The second-order valence-electron chi connectivity index (χ2n) is 7.49. The summed E-state index contributed by atoms with van der Waals surface area (Å²) >= 11 is 0. The van der Waals surface area contributed by atoms with E-state index in [-0.39, 0.29) is 18.6 Å². The highest BCUT2D eigenvalue weighted by molar-refractivity contribution is 5.92. The Morgan fingerprint density at radius 2 is 2.11 bits per heavy atom. The van der Waals surface area contributed by atoms with Crippen LogP contribution in [0.2, 0.25) is 0 Å². The highest BCUT2D eigenvalue weighted by Crippen LogP contribution is 2.23. The number of hydrogen-bond donors (Lipinski definition) is 2. The van der Waals surface area contributed by atoms with Crippen LogP contribution in [0.5, 0.6) is 0 Å². The highest BCUT2D eigenvalue weighted by atomic mass is 16.3. The lowest BCUT2D eigenvalue weighted by Gasteiger charge is -2.32. The van der Waals surface area contributed by atoms with Crippen molar-refractivity contribution in [2.75, 3.05) is 43.0 Å². The normalized spacial score (nSPS) is 22.3. The molecule has 2 aromatic rings. The number of pyridine rings is 1. The van der Waals surface area contributed by atoms with E-state index in [0.717, 1.165) is 44.0 Å². The molecule has 4 rings (SSSR count). The first kappa shape index (κ1) is 18.6. The monoisotopic (exact) mass is 382 g/mol. The Morgan fingerprint density at radius 3 is 2.93 bits per heavy atom. The summed E-state index contributed by atoms with van der Waals surface area (Å²) in [7, 11) is 0. The molecule has 0 saturated carbocycles. The van der Waals surface area contributed by atoms with Crippen LogP contribution in [0.25, 0.3) is 0 Å². The second kappa shape index (κ2) is 8.52. The van der Waals surface area contributed by atoms with Crippen molar-refractivity contribution >= 4 is 17.5 Å². The molecule has 2 aromatic heterocycles. The Morgan fingerprint density at radius 1 is 1.18 bits per heavy atom. The van der Waals surface area contributed by atoms with Crippen molar-refractivity contribution in [3.05, 3.63) is 42.5 Å². The number of aliphatic hydroxyl groups excluding tert-OH is 1. The van der Waals surface area contributed by atoms with Gasteiger partial charge in [-0.1, -0.05) is 6.07 Å². The summed E-state index contributed by atoms with van der Waals surface area (Å²) in [5.74, 6) is 1.93. The van der Waals surface area contributed by atoms with Crippen LogP contribution < -0.4 is 10.2 Å². The topological polar surface area (TPSA) is 94.5 Å². The van der Waals surface area contributed by atoms with Crippen LogP contribution in [0.3, 0.4) is 0 Å². The van der Waals surface area contributed by atoms with Gasteiger partial charge in [0.15, 0.2) is 0 Å². The van der Waals surface area contributed by atoms with Gasteiger partial charge in [-0.15, -0.1) is 0 Å². The van der Waals surface area contributed by atoms with Crippen molar-refractivity contribution in [3.8, 4) is 0 Å². The van der Waals surface area contributed by atoms with Gasteiger partial charge in [0.1, 0.15) is 23.7 Å². The fourth-order valence-corrected chi connectivity index (χ4v) is 3.94. The number of nitrogens with zero attached hydrogens (tertiary/aromatic N) is 5. The van der Waals surface area contributed by atoms with Gasteiger partial charge in [0.25, 0.3) is 5.91 Å². The van der Waals surface area contributed by atoms with Gasteiger partial charge < -0.3 is 20.2 Å². The van der Waals surface area contributed by atoms with Crippen LogP contribution >= 0.6 is 0 Å². The maximum atomic E-state index is 12.5. The second-order valence-corrected chi connectivity index (χ2v) is 7.49. The fraction of sp³-hybridized carbons (Fsp3) is 0.500. The lowest BCUT2D eigenvalue weighted by Crippen LogP contribution is -2.37. The molecule has 0 bridgehead atoms. The summed E-state index contributed by atoms with van der Waals surface area (Å²) in [5.41, 5.74) is 0.482. The van der Waals surface area contributed by atoms with Gasteiger partial charge >= 0.3 is 0 Å². The number of piperidine rings is 1. The molecule has 0 radical (unpaired) electrons. The Balaban J connectivity index is 1.37. The molecule has 2 aliphatic heterocycles. The number of likely N-dealkylation sites (tertiary alicyclic amines) is 1. The fourth-order valence-electron chi connectivity index (χ4n) is 3.94. The number of amides is 1. The molecule has 0 aliphatic carbocycles. The number of aliphatic hydroxyl groups is 1. The molecule has 2 aliphatic rings. The first-order valence-corrected chi connectivity index (χ1v) is 9.87. The van der Waals surface area contributed by atoms with Crippen LogP contribution in [0.15, 0.2) is 36.8 Å². The predicted molar refractivity (Wildman–Crippen MR) is 106 cm³/mol. The SMILES string of the molecule is O=C(c1ccccn1)N1CCC(Nc2cc(N3CCCC(CO)C3)ncn2)C1. The third kappa shape index (κ3) is 4.22. The van der Waals surface area contributed by atoms with Crippen molar-refractivity contribution in [1.29, 1.82) is 0 Å². The van der Waals surface area contributed by atoms with Crippen molar-refractivity contribution in [2.24, 2.45) is 5.92 Å². The maximum Gasteiger partial charge on any atom is 0.272 e. The molecule has 1 amide bonds. The number of carbonyl (C=O) groups excluding carboxylic acids is 1. The van der Waals surface area contributed by atoms with Crippen molar-refractivity contribution in [3.63, 3.8) is 0 Å². The molecule has 2 saturated heterocycles. The van der Waals surface area contributed by atoms with Gasteiger partial charge in [0.05, 0.1) is 0 Å². The Labute approximate surface area is 164 Å². The van der Waals surface area contributed by atoms with E-state index in [0.29, 0.717) is 24.7 Å². The molecule has 8 heteroatoms. The number of aromatic nitrogens is 3. The van der Waals surface area contributed by atoms with Crippen LogP contribution in [0.1, 0.15) is 29.8 Å². The lowest BCUT2D eigenvalue weighted by molar-refractivity contribution is 0.0786. The van der Waals surface area contributed by atoms with Gasteiger partial charge in [0.2, 0.25) is 0 Å². The van der Waals surface area contributed by atoms with E-state index in [9.17, 15) is 9.90 Å². The first-order chi connectivity index (χ1) is 13.7. The summed E-state index contributed by atoms with van der Waals surface area (Å²) in [5, 5.41) is 12.9. The summed E-state index contributed by atoms with van der Waals surface area (Å²) < 4.78 is 0. The zero-order valence-electron chi connectivity index (χ0n) is 15.9. The number of rotatable bonds is 5. The third-order valence-electron chi connectivity index (χ3n) is 5.47. The summed E-state index contributed by atoms with van der Waals surface area (Å²) in [6.07, 6.45) is 6.21. The van der Waals surface area contributed by atoms with E-state index >= 15 is 0 Å². The number of anilines is 2. The molecule has 4 heterocycles. The van der Waals surface area contributed by atoms with Gasteiger partial charge in [-0.2, -0.15) is 0 Å². The van der Waals surface area contributed by atoms with E-state index in [4.69, 9.17) is 0 Å². The molecule has 8 nitrogen and oxygen atoms in total. The molecule has 2 N–H and O–H groups in total. The number of hydrogen-bond acceptors (Lipinski definition) is 7. The van der Waals surface area contributed by atoms with Crippen molar-refractivity contribution in [1.82, 2.24) is 19.9 Å². The molecule has 0 aromatic carbocycles. The minimum absolute atomic E-state index is 0.0309. The molecular weight excluding hydrogens is 356 g/mol. The van der Waals surface area contributed by atoms with Gasteiger partial charge in [-0.25, -0.2) is 9.97 Å².